The summed E-state index contributed by atoms with van der Waals surface area (Å²) in [6, 6.07) is 5.63. The molecule has 0 atom stereocenters. The smallest absolute Gasteiger partial charge is 0.277 e. The predicted molar refractivity (Wildman–Crippen MR) is 79.7 cm³/mol. The van der Waals surface area contributed by atoms with Crippen molar-refractivity contribution >= 4 is 40.6 Å². The average Bonchev–Trinajstić information content (AvgIpc) is 2.93. The van der Waals surface area contributed by atoms with Gasteiger partial charge in [0.25, 0.3) is 5.91 Å². The number of hydrogen-bond donors (Lipinski definition) is 2. The minimum atomic E-state index is -0.293. The van der Waals surface area contributed by atoms with Crippen LogP contribution in [-0.4, -0.2) is 21.2 Å². The predicted octanol–water partition coefficient (Wildman–Crippen LogP) is 2.87. The van der Waals surface area contributed by atoms with Crippen LogP contribution in [-0.2, 0) is 0 Å². The number of benzene rings is 1. The first-order valence-corrected chi connectivity index (χ1v) is 7.63. The molecule has 7 heteroatoms. The number of carbonyl (C=O) groups is 1. The number of rotatable bonds is 5. The van der Waals surface area contributed by atoms with E-state index in [-0.39, 0.29) is 5.91 Å². The zero-order valence-corrected chi connectivity index (χ0v) is 12.1. The third-order valence-corrected chi connectivity index (χ3v) is 4.04. The SMILES string of the molecule is CCCSc1ccc(N)c(NC(=O)c2csnn2)c1. The van der Waals surface area contributed by atoms with E-state index in [0.29, 0.717) is 17.1 Å². The molecule has 3 N–H and O–H groups in total. The molecule has 0 saturated heterocycles. The minimum absolute atomic E-state index is 0.293. The topological polar surface area (TPSA) is 80.9 Å². The lowest BCUT2D eigenvalue weighted by atomic mass is 10.2. The van der Waals surface area contributed by atoms with Crippen LogP contribution in [0.25, 0.3) is 0 Å². The van der Waals surface area contributed by atoms with Crippen molar-refractivity contribution in [2.24, 2.45) is 0 Å². The van der Waals surface area contributed by atoms with E-state index in [1.54, 1.807) is 23.2 Å². The van der Waals surface area contributed by atoms with Gasteiger partial charge in [-0.3, -0.25) is 4.79 Å². The fraction of sp³-hybridized carbons (Fsp3) is 0.250. The molecule has 1 heterocycles. The van der Waals surface area contributed by atoms with Crippen molar-refractivity contribution < 1.29 is 4.79 Å². The van der Waals surface area contributed by atoms with Gasteiger partial charge in [0.05, 0.1) is 11.4 Å². The monoisotopic (exact) mass is 294 g/mol. The zero-order valence-electron chi connectivity index (χ0n) is 10.4. The number of nitrogens with one attached hydrogen (secondary N) is 1. The fourth-order valence-electron chi connectivity index (χ4n) is 1.40. The number of nitrogen functional groups attached to an aromatic ring is 1. The molecule has 0 aliphatic rings. The van der Waals surface area contributed by atoms with E-state index in [0.717, 1.165) is 28.6 Å². The Labute approximate surface area is 119 Å². The Morgan fingerprint density at radius 3 is 3.05 bits per heavy atom. The number of anilines is 2. The Hall–Kier alpha value is -1.60. The van der Waals surface area contributed by atoms with E-state index < -0.39 is 0 Å². The first kappa shape index (κ1) is 13.8. The van der Waals surface area contributed by atoms with Crippen LogP contribution in [0.1, 0.15) is 23.8 Å². The Morgan fingerprint density at radius 2 is 2.37 bits per heavy atom. The van der Waals surface area contributed by atoms with Crippen molar-refractivity contribution in [2.45, 2.75) is 18.2 Å². The van der Waals surface area contributed by atoms with E-state index in [2.05, 4.69) is 21.8 Å². The number of hydrogen-bond acceptors (Lipinski definition) is 6. The molecule has 0 bridgehead atoms. The second-order valence-corrected chi connectivity index (χ2v) is 5.62. The summed E-state index contributed by atoms with van der Waals surface area (Å²) >= 11 is 2.87. The maximum Gasteiger partial charge on any atom is 0.277 e. The van der Waals surface area contributed by atoms with Gasteiger partial charge in [-0.25, -0.2) is 0 Å². The molecule has 0 spiro atoms. The average molecular weight is 294 g/mol. The van der Waals surface area contributed by atoms with Gasteiger partial charge in [-0.15, -0.1) is 16.9 Å². The van der Waals surface area contributed by atoms with Crippen molar-refractivity contribution in [3.8, 4) is 0 Å². The van der Waals surface area contributed by atoms with Crippen molar-refractivity contribution in [3.05, 3.63) is 29.3 Å². The van der Waals surface area contributed by atoms with Gasteiger partial charge < -0.3 is 11.1 Å². The van der Waals surface area contributed by atoms with Crippen LogP contribution in [0.2, 0.25) is 0 Å². The number of carbonyl (C=O) groups excluding carboxylic acids is 1. The molecular formula is C12H14N4OS2. The maximum atomic E-state index is 11.9. The number of amides is 1. The summed E-state index contributed by atoms with van der Waals surface area (Å²) in [5, 5.41) is 8.08. The lowest BCUT2D eigenvalue weighted by Crippen LogP contribution is -2.13. The molecule has 19 heavy (non-hydrogen) atoms. The van der Waals surface area contributed by atoms with Crippen molar-refractivity contribution in [1.29, 1.82) is 0 Å². The number of thioether (sulfide) groups is 1. The summed E-state index contributed by atoms with van der Waals surface area (Å²) in [4.78, 5) is 13.0. The Balaban J connectivity index is 2.12. The first-order chi connectivity index (χ1) is 9.20. The third kappa shape index (κ3) is 3.68. The van der Waals surface area contributed by atoms with Crippen LogP contribution < -0.4 is 11.1 Å². The first-order valence-electron chi connectivity index (χ1n) is 5.81. The molecule has 1 amide bonds. The normalized spacial score (nSPS) is 10.4. The summed E-state index contributed by atoms with van der Waals surface area (Å²) in [6.45, 7) is 2.13. The Bertz CT molecular complexity index is 557. The van der Waals surface area contributed by atoms with Gasteiger partial charge in [0.2, 0.25) is 0 Å². The van der Waals surface area contributed by atoms with E-state index in [9.17, 15) is 4.79 Å². The summed E-state index contributed by atoms with van der Waals surface area (Å²) < 4.78 is 3.66. The fourth-order valence-corrected chi connectivity index (χ4v) is 2.64. The minimum Gasteiger partial charge on any atom is -0.397 e. The molecule has 5 nitrogen and oxygen atoms in total. The van der Waals surface area contributed by atoms with E-state index in [1.165, 1.54) is 0 Å². The quantitative estimate of drug-likeness (QED) is 0.654. The molecule has 0 radical (unpaired) electrons. The molecule has 1 aromatic carbocycles. The highest BCUT2D eigenvalue weighted by Crippen LogP contribution is 2.27. The molecule has 0 aliphatic carbocycles. The molecule has 100 valence electrons. The standard InChI is InChI=1S/C12H14N4OS2/c1-2-5-18-8-3-4-9(13)10(6-8)14-12(17)11-7-19-16-15-11/h3-4,6-7H,2,5,13H2,1H3,(H,14,17). The molecule has 2 rings (SSSR count). The summed E-state index contributed by atoms with van der Waals surface area (Å²) in [6.07, 6.45) is 1.10. The zero-order chi connectivity index (χ0) is 13.7. The summed E-state index contributed by atoms with van der Waals surface area (Å²) in [5.74, 6) is 0.742. The highest BCUT2D eigenvalue weighted by Gasteiger charge is 2.11. The van der Waals surface area contributed by atoms with Crippen LogP contribution >= 0.6 is 23.3 Å². The van der Waals surface area contributed by atoms with E-state index in [4.69, 9.17) is 5.73 Å². The van der Waals surface area contributed by atoms with Gasteiger partial charge in [0.15, 0.2) is 5.69 Å². The van der Waals surface area contributed by atoms with Gasteiger partial charge in [0.1, 0.15) is 0 Å². The van der Waals surface area contributed by atoms with Crippen LogP contribution in [0, 0.1) is 0 Å². The Morgan fingerprint density at radius 1 is 1.53 bits per heavy atom. The van der Waals surface area contributed by atoms with Crippen molar-refractivity contribution in [1.82, 2.24) is 9.59 Å². The van der Waals surface area contributed by atoms with Crippen LogP contribution in [0.3, 0.4) is 0 Å². The van der Waals surface area contributed by atoms with Crippen LogP contribution in [0.4, 0.5) is 11.4 Å². The molecule has 0 unspecified atom stereocenters. The second kappa shape index (κ2) is 6.53. The van der Waals surface area contributed by atoms with E-state index in [1.807, 2.05) is 12.1 Å². The maximum absolute atomic E-state index is 11.9. The Kier molecular flexibility index (Phi) is 4.75. The van der Waals surface area contributed by atoms with Gasteiger partial charge >= 0.3 is 0 Å². The lowest BCUT2D eigenvalue weighted by molar-refractivity contribution is 0.102. The molecule has 0 fully saturated rings. The lowest BCUT2D eigenvalue weighted by Gasteiger charge is -2.09. The van der Waals surface area contributed by atoms with Gasteiger partial charge in [-0.05, 0) is 41.9 Å². The van der Waals surface area contributed by atoms with E-state index >= 15 is 0 Å². The molecule has 1 aromatic heterocycles. The van der Waals surface area contributed by atoms with Crippen LogP contribution in [0.5, 0.6) is 0 Å². The largest absolute Gasteiger partial charge is 0.397 e. The molecule has 0 saturated carbocycles. The number of nitrogens with zero attached hydrogens (tertiary/aromatic N) is 2. The number of aromatic nitrogens is 2. The van der Waals surface area contributed by atoms with Crippen molar-refractivity contribution in [2.75, 3.05) is 16.8 Å². The van der Waals surface area contributed by atoms with Gasteiger partial charge in [0, 0.05) is 10.3 Å². The summed E-state index contributed by atoms with van der Waals surface area (Å²) in [7, 11) is 0. The highest BCUT2D eigenvalue weighted by atomic mass is 32.2. The molecule has 2 aromatic rings. The summed E-state index contributed by atoms with van der Waals surface area (Å²) in [5.41, 5.74) is 7.31. The number of nitrogens with two attached hydrogens (primary N) is 1. The molecule has 0 aliphatic heterocycles. The highest BCUT2D eigenvalue weighted by molar-refractivity contribution is 7.99. The van der Waals surface area contributed by atoms with Gasteiger partial charge in [-0.2, -0.15) is 0 Å². The van der Waals surface area contributed by atoms with Crippen molar-refractivity contribution in [3.63, 3.8) is 0 Å². The van der Waals surface area contributed by atoms with Gasteiger partial charge in [-0.1, -0.05) is 11.4 Å². The van der Waals surface area contributed by atoms with Crippen LogP contribution in [0.15, 0.2) is 28.5 Å². The second-order valence-electron chi connectivity index (χ2n) is 3.84. The third-order valence-electron chi connectivity index (χ3n) is 2.34. The molecular weight excluding hydrogens is 280 g/mol.